The molecule has 1 saturated heterocycles. The van der Waals surface area contributed by atoms with Crippen LogP contribution in [-0.2, 0) is 67.8 Å². The van der Waals surface area contributed by atoms with E-state index in [4.69, 9.17) is 31.9 Å². The van der Waals surface area contributed by atoms with Crippen molar-refractivity contribution in [2.45, 2.75) is 154 Å². The number of aryl methyl sites for hydroxylation is 5. The number of hydrogen-bond donors (Lipinski definition) is 8. The van der Waals surface area contributed by atoms with Gasteiger partial charge in [-0.25, -0.2) is 9.78 Å². The summed E-state index contributed by atoms with van der Waals surface area (Å²) in [5.74, 6) is -0.285. The van der Waals surface area contributed by atoms with Gasteiger partial charge in [0.2, 0.25) is 0 Å². The predicted molar refractivity (Wildman–Crippen MR) is 326 cm³/mol. The van der Waals surface area contributed by atoms with Gasteiger partial charge in [-0.3, -0.25) is 19.2 Å². The van der Waals surface area contributed by atoms with Crippen LogP contribution in [0.4, 0.5) is 0 Å². The Morgan fingerprint density at radius 1 is 0.663 bits per heavy atom. The molecule has 0 amide bonds. The molecule has 4 unspecified atom stereocenters. The minimum Gasteiger partial charge on any atom is -1.00 e. The molecule has 5 aliphatic carbocycles. The zero-order chi connectivity index (χ0) is 59.4. The maximum Gasteiger partial charge on any atom is 1.00 e. The van der Waals surface area contributed by atoms with E-state index < -0.39 is 12.1 Å². The topological polar surface area (TPSA) is 265 Å². The Hall–Kier alpha value is -6.22. The molecule has 1 aliphatic heterocycles. The van der Waals surface area contributed by atoms with Gasteiger partial charge in [-0.1, -0.05) is 91.0 Å². The van der Waals surface area contributed by atoms with Gasteiger partial charge in [0.15, 0.2) is 34.7 Å². The van der Waals surface area contributed by atoms with E-state index >= 15 is 0 Å². The van der Waals surface area contributed by atoms with E-state index in [1.807, 2.05) is 85.1 Å². The molecule has 19 heteroatoms. The molecule has 3 radical (unpaired) electrons. The van der Waals surface area contributed by atoms with Gasteiger partial charge in [0.05, 0.1) is 55.8 Å². The number of ether oxygens (including phenoxy) is 2. The van der Waals surface area contributed by atoms with Crippen LogP contribution in [0.5, 0.6) is 0 Å². The molecule has 4 atom stereocenters. The number of ketones is 3. The molecular formula is C67H77AlLiN4O12S. The number of aromatic nitrogens is 4. The fourth-order valence-electron chi connectivity index (χ4n) is 11.9. The first kappa shape index (κ1) is 68.9. The van der Waals surface area contributed by atoms with Crippen molar-refractivity contribution in [3.05, 3.63) is 210 Å². The van der Waals surface area contributed by atoms with Gasteiger partial charge < -0.3 is 51.4 Å². The first-order valence-corrected chi connectivity index (χ1v) is 29.6. The summed E-state index contributed by atoms with van der Waals surface area (Å²) in [4.78, 5) is 68.9. The van der Waals surface area contributed by atoms with Crippen molar-refractivity contribution < 1.29 is 79.3 Å². The number of carboxylic acids is 1. The Labute approximate surface area is 531 Å². The summed E-state index contributed by atoms with van der Waals surface area (Å²) in [6.45, 7) is 1.21. The number of aldehydes is 1. The predicted octanol–water partition coefficient (Wildman–Crippen LogP) is 8.27. The van der Waals surface area contributed by atoms with E-state index in [1.54, 1.807) is 12.1 Å². The second kappa shape index (κ2) is 34.9. The molecule has 0 bridgehead atoms. The van der Waals surface area contributed by atoms with Crippen LogP contribution in [0, 0.1) is 10.7 Å². The molecule has 1 fully saturated rings. The number of imidazole rings is 2. The number of carboxylic acid groups (broad SMARTS) is 1. The minimum atomic E-state index is -0.956. The maximum absolute atomic E-state index is 12.6. The average molecular weight is 1200 g/mol. The number of fused-ring (bicyclic) bond motifs is 5. The Kier molecular flexibility index (Phi) is 28.0. The van der Waals surface area contributed by atoms with Crippen molar-refractivity contribution in [1.29, 1.82) is 0 Å². The van der Waals surface area contributed by atoms with E-state index in [9.17, 15) is 39.3 Å². The SMILES string of the molecule is O=C(O)c1cccc2c1C(O)CCC2.O=C1CCCc2cccc(COC3CCCCO3)c21.O=C1CCCc2ccccc21.O=C1c2c(CO)cccc2CCC1Cc1c[nH]c(=S)[nH]1.O=Cc1cnc[nH]1.OCc1cccc2c1C(O)CCC2.[Al].[H-].[Li+]. The van der Waals surface area contributed by atoms with Crippen molar-refractivity contribution in [1.82, 2.24) is 19.9 Å². The van der Waals surface area contributed by atoms with E-state index in [0.717, 1.165) is 159 Å². The molecule has 0 spiro atoms. The molecule has 8 N–H and O–H groups in total. The Morgan fingerprint density at radius 3 is 1.88 bits per heavy atom. The minimum absolute atomic E-state index is 0. The first-order chi connectivity index (χ1) is 40.9. The zero-order valence-electron chi connectivity index (χ0n) is 49.9. The number of aliphatic hydroxyl groups is 4. The molecule has 7 aromatic rings. The molecule has 447 valence electrons. The number of carbonyl (C=O) groups excluding carboxylic acids is 4. The second-order valence-corrected chi connectivity index (χ2v) is 22.1. The number of hydrogen-bond acceptors (Lipinski definition) is 13. The second-order valence-electron chi connectivity index (χ2n) is 21.7. The van der Waals surface area contributed by atoms with Crippen LogP contribution in [0.1, 0.15) is 204 Å². The van der Waals surface area contributed by atoms with Crippen LogP contribution < -0.4 is 18.9 Å². The van der Waals surface area contributed by atoms with Gasteiger partial charge in [0.1, 0.15) is 0 Å². The number of nitrogens with zero attached hydrogens (tertiary/aromatic N) is 1. The third kappa shape index (κ3) is 18.7. The molecule has 6 aliphatic rings. The van der Waals surface area contributed by atoms with Crippen molar-refractivity contribution in [2.24, 2.45) is 5.92 Å². The van der Waals surface area contributed by atoms with Crippen LogP contribution >= 0.6 is 12.2 Å². The number of aromatic amines is 3. The van der Waals surface area contributed by atoms with Gasteiger partial charge >= 0.3 is 24.8 Å². The average Bonchev–Trinajstić information content (AvgIpc) is 1.88. The monoisotopic (exact) mass is 1200 g/mol. The quantitative estimate of drug-likeness (QED) is 0.0384. The molecule has 3 heterocycles. The van der Waals surface area contributed by atoms with Gasteiger partial charge in [-0.05, 0) is 177 Å². The molecule has 16 nitrogen and oxygen atoms in total. The summed E-state index contributed by atoms with van der Waals surface area (Å²) in [6, 6.07) is 30.8. The van der Waals surface area contributed by atoms with Crippen molar-refractivity contribution >= 4 is 59.2 Å². The zero-order valence-corrected chi connectivity index (χ0v) is 50.9. The number of carbonyl (C=O) groups is 5. The van der Waals surface area contributed by atoms with Crippen LogP contribution in [0.15, 0.2) is 116 Å². The Morgan fingerprint density at radius 2 is 1.27 bits per heavy atom. The largest absolute Gasteiger partial charge is 1.00 e. The van der Waals surface area contributed by atoms with E-state index in [-0.39, 0.29) is 86.3 Å². The third-order valence-corrected chi connectivity index (χ3v) is 16.3. The summed E-state index contributed by atoms with van der Waals surface area (Å²) >= 11 is 5.00. The van der Waals surface area contributed by atoms with Crippen molar-refractivity contribution in [3.63, 3.8) is 0 Å². The van der Waals surface area contributed by atoms with Crippen LogP contribution in [-0.4, -0.2) is 105 Å². The fourth-order valence-corrected chi connectivity index (χ4v) is 12.1. The number of aromatic carboxylic acids is 1. The molecule has 2 aromatic heterocycles. The van der Waals surface area contributed by atoms with Crippen LogP contribution in [0.2, 0.25) is 0 Å². The molecular weight excluding hydrogens is 1120 g/mol. The van der Waals surface area contributed by atoms with Gasteiger partial charge in [-0.2, -0.15) is 0 Å². The summed E-state index contributed by atoms with van der Waals surface area (Å²) in [5.41, 5.74) is 14.2. The first-order valence-electron chi connectivity index (χ1n) is 29.2. The van der Waals surface area contributed by atoms with Crippen LogP contribution in [0.3, 0.4) is 0 Å². The number of benzene rings is 5. The number of nitrogens with one attached hydrogen (secondary N) is 3. The molecule has 5 aromatic carbocycles. The number of rotatable bonds is 9. The van der Waals surface area contributed by atoms with Gasteiger partial charge in [0, 0.05) is 71.3 Å². The maximum atomic E-state index is 12.6. The summed E-state index contributed by atoms with van der Waals surface area (Å²) in [6.07, 6.45) is 20.9. The number of H-pyrrole nitrogens is 3. The summed E-state index contributed by atoms with van der Waals surface area (Å²) in [7, 11) is 0. The van der Waals surface area contributed by atoms with E-state index in [1.165, 1.54) is 29.2 Å². The number of Topliss-reactive ketones (excluding diaryl/α,β-unsaturated/α-hetero) is 3. The van der Waals surface area contributed by atoms with Crippen molar-refractivity contribution in [2.75, 3.05) is 6.61 Å². The summed E-state index contributed by atoms with van der Waals surface area (Å²) in [5, 5.41) is 47.0. The van der Waals surface area contributed by atoms with Gasteiger partial charge in [-0.15, -0.1) is 0 Å². The third-order valence-electron chi connectivity index (χ3n) is 16.0. The number of aliphatic hydroxyl groups excluding tert-OH is 4. The standard InChI is InChI=1S/C16H20O3.C15H16N2O2S.C11H12O3.C11H14O2.C10H10O.C4H4N2O.Al.Li.H/c17-14-8-4-6-12-5-3-7-13(16(12)14)11-19-15-9-1-2-10-18-15;18-8-11-3-1-2-9-4-5-10(14(19)13(9)11)6-12-7-16-15(20)17-12;12-9-6-2-4-7-3-1-5-8(10(7)9)11(13)14;12-7-9-5-1-3-8-4-2-6-10(13)11(8)9;11-10-7-3-5-8-4-1-2-6-9(8)10;7-2-4-1-5-3-6-4;;;/h3,5,7,15H,1-2,4,6,8-11H2;1-3,7,10,18H,4-6,8H2,(H2,16,17,20);1,3,5,9,12H,2,4,6H2,(H,13,14);1,3,5,10,12-13H,2,4,6-7H2;1-2,4,6H,3,5,7H2;1-3H,(H,5,6);;;/q;;;;;;;+1;-1. The van der Waals surface area contributed by atoms with Crippen LogP contribution in [0.25, 0.3) is 0 Å². The molecule has 13 rings (SSSR count). The molecule has 86 heavy (non-hydrogen) atoms. The molecule has 0 saturated carbocycles. The Bertz CT molecular complexity index is 3390. The Balaban J connectivity index is 0.000000194. The summed E-state index contributed by atoms with van der Waals surface area (Å²) < 4.78 is 12.0. The van der Waals surface area contributed by atoms with E-state index in [2.05, 4.69) is 26.0 Å². The fraction of sp³-hybridized carbons (Fsp3) is 0.388. The van der Waals surface area contributed by atoms with Crippen molar-refractivity contribution in [3.8, 4) is 0 Å². The van der Waals surface area contributed by atoms with E-state index in [0.29, 0.717) is 54.0 Å². The smallest absolute Gasteiger partial charge is 1.00 e. The van der Waals surface area contributed by atoms with Gasteiger partial charge in [0.25, 0.3) is 0 Å². The normalized spacial score (nSPS) is 18.6.